The number of hydrogen-bond donors (Lipinski definition) is 0. The average molecular weight is 426 g/mol. The topological polar surface area (TPSA) is 63.4 Å². The van der Waals surface area contributed by atoms with Crippen molar-refractivity contribution in [2.75, 3.05) is 4.90 Å². The molecule has 1 aliphatic rings. The van der Waals surface area contributed by atoms with E-state index in [1.807, 2.05) is 42.5 Å². The first-order valence-corrected chi connectivity index (χ1v) is 10.3. The molecule has 0 spiro atoms. The third-order valence-corrected chi connectivity index (χ3v) is 6.00. The molecule has 0 saturated heterocycles. The van der Waals surface area contributed by atoms with E-state index < -0.39 is 4.92 Å². The first kappa shape index (κ1) is 19.9. The number of carbonyl (C=O) groups excluding carboxylic acids is 1. The molecule has 1 aliphatic heterocycles. The van der Waals surface area contributed by atoms with Gasteiger partial charge in [0.25, 0.3) is 5.69 Å². The highest BCUT2D eigenvalue weighted by atomic mass is 19.1. The van der Waals surface area contributed by atoms with Crippen LogP contribution < -0.4 is 4.90 Å². The Morgan fingerprint density at radius 1 is 0.969 bits per heavy atom. The van der Waals surface area contributed by atoms with E-state index >= 15 is 0 Å². The van der Waals surface area contributed by atoms with E-state index in [2.05, 4.69) is 0 Å². The maximum atomic E-state index is 13.4. The number of non-ortho nitro benzene ring substituents is 1. The summed E-state index contributed by atoms with van der Waals surface area (Å²) >= 11 is 0. The van der Waals surface area contributed by atoms with Crippen LogP contribution in [0, 0.1) is 15.9 Å². The summed E-state index contributed by atoms with van der Waals surface area (Å²) in [7, 11) is 0. The lowest BCUT2D eigenvalue weighted by atomic mass is 9.81. The van der Waals surface area contributed by atoms with Crippen molar-refractivity contribution in [2.45, 2.75) is 18.9 Å². The van der Waals surface area contributed by atoms with Crippen molar-refractivity contribution in [3.05, 3.63) is 118 Å². The molecule has 158 valence electrons. The normalized spacial score (nSPS) is 15.6. The number of halogens is 1. The molecule has 0 bridgehead atoms. The molecule has 4 aromatic rings. The quantitative estimate of drug-likeness (QED) is 0.299. The number of nitro groups is 1. The second-order valence-electron chi connectivity index (χ2n) is 7.93. The molecule has 0 saturated carbocycles. The Morgan fingerprint density at radius 2 is 1.75 bits per heavy atom. The van der Waals surface area contributed by atoms with Crippen LogP contribution in [0.15, 0.2) is 84.9 Å². The average Bonchev–Trinajstić information content (AvgIpc) is 2.81. The Kier molecular flexibility index (Phi) is 4.90. The lowest BCUT2D eigenvalue weighted by Gasteiger charge is -2.35. The molecular weight excluding hydrogens is 407 g/mol. The van der Waals surface area contributed by atoms with Gasteiger partial charge in [-0.05, 0) is 45.7 Å². The van der Waals surface area contributed by atoms with Gasteiger partial charge in [-0.25, -0.2) is 4.39 Å². The van der Waals surface area contributed by atoms with Gasteiger partial charge in [0.05, 0.1) is 11.5 Å². The summed E-state index contributed by atoms with van der Waals surface area (Å²) in [5.74, 6) is -0.697. The van der Waals surface area contributed by atoms with Gasteiger partial charge in [-0.2, -0.15) is 0 Å². The smallest absolute Gasteiger partial charge is 0.269 e. The number of hydrogen-bond acceptors (Lipinski definition) is 3. The van der Waals surface area contributed by atoms with Crippen LogP contribution in [0.4, 0.5) is 15.8 Å². The molecule has 0 fully saturated rings. The Balaban J connectivity index is 1.67. The molecule has 1 amide bonds. The standard InChI is InChI=1S/C26H19FN2O3/c27-20-11-8-17(9-12-20)16-28-24-13-10-18-4-1-2-7-22(18)26(24)23(15-25(28)30)19-5-3-6-21(14-19)29(31)32/h1-14,23H,15-16H2. The number of benzene rings is 4. The zero-order valence-corrected chi connectivity index (χ0v) is 17.1. The first-order chi connectivity index (χ1) is 15.5. The van der Waals surface area contributed by atoms with Gasteiger partial charge in [0.15, 0.2) is 0 Å². The van der Waals surface area contributed by atoms with Gasteiger partial charge in [0.1, 0.15) is 5.82 Å². The minimum atomic E-state index is -0.418. The number of nitro benzene ring substituents is 1. The predicted octanol–water partition coefficient (Wildman–Crippen LogP) is 5.96. The van der Waals surface area contributed by atoms with Crippen molar-refractivity contribution in [3.8, 4) is 0 Å². The van der Waals surface area contributed by atoms with E-state index in [4.69, 9.17) is 0 Å². The van der Waals surface area contributed by atoms with Crippen molar-refractivity contribution >= 4 is 28.1 Å². The van der Waals surface area contributed by atoms with Gasteiger partial charge >= 0.3 is 0 Å². The maximum absolute atomic E-state index is 13.4. The number of nitrogens with zero attached hydrogens (tertiary/aromatic N) is 2. The minimum absolute atomic E-state index is 0.00507. The van der Waals surface area contributed by atoms with Gasteiger partial charge in [-0.1, -0.05) is 54.6 Å². The molecule has 32 heavy (non-hydrogen) atoms. The van der Waals surface area contributed by atoms with E-state index in [-0.39, 0.29) is 29.8 Å². The van der Waals surface area contributed by atoms with Gasteiger partial charge in [0, 0.05) is 30.2 Å². The first-order valence-electron chi connectivity index (χ1n) is 10.3. The fourth-order valence-electron chi connectivity index (χ4n) is 4.49. The fraction of sp³-hybridized carbons (Fsp3) is 0.115. The maximum Gasteiger partial charge on any atom is 0.269 e. The van der Waals surface area contributed by atoms with Crippen LogP contribution in [-0.4, -0.2) is 10.8 Å². The SMILES string of the molecule is O=C1CC(c2cccc([N+](=O)[O-])c2)c2c(ccc3ccccc23)N1Cc1ccc(F)cc1. The fourth-order valence-corrected chi connectivity index (χ4v) is 4.49. The third kappa shape index (κ3) is 3.50. The summed E-state index contributed by atoms with van der Waals surface area (Å²) in [4.78, 5) is 25.9. The Hall–Kier alpha value is -4.06. The van der Waals surface area contributed by atoms with Crippen LogP contribution in [0.5, 0.6) is 0 Å². The molecule has 0 aliphatic carbocycles. The van der Waals surface area contributed by atoms with Crippen LogP contribution in [0.25, 0.3) is 10.8 Å². The second kappa shape index (κ2) is 7.89. The van der Waals surface area contributed by atoms with E-state index in [1.54, 1.807) is 29.2 Å². The molecular formula is C26H19FN2O3. The molecule has 0 radical (unpaired) electrons. The lowest BCUT2D eigenvalue weighted by molar-refractivity contribution is -0.384. The molecule has 1 unspecified atom stereocenters. The highest BCUT2D eigenvalue weighted by molar-refractivity contribution is 6.03. The largest absolute Gasteiger partial charge is 0.308 e. The Morgan fingerprint density at radius 3 is 2.53 bits per heavy atom. The van der Waals surface area contributed by atoms with Gasteiger partial charge < -0.3 is 4.90 Å². The summed E-state index contributed by atoms with van der Waals surface area (Å²) in [6.07, 6.45) is 0.198. The second-order valence-corrected chi connectivity index (χ2v) is 7.93. The molecule has 1 heterocycles. The number of rotatable bonds is 4. The molecule has 4 aromatic carbocycles. The van der Waals surface area contributed by atoms with Crippen molar-refractivity contribution in [1.82, 2.24) is 0 Å². The molecule has 6 heteroatoms. The van der Waals surface area contributed by atoms with Crippen LogP contribution >= 0.6 is 0 Å². The number of carbonyl (C=O) groups is 1. The van der Waals surface area contributed by atoms with Crippen molar-refractivity contribution < 1.29 is 14.1 Å². The summed E-state index contributed by atoms with van der Waals surface area (Å²) in [5, 5.41) is 13.4. The van der Waals surface area contributed by atoms with E-state index in [9.17, 15) is 19.3 Å². The third-order valence-electron chi connectivity index (χ3n) is 6.00. The van der Waals surface area contributed by atoms with Crippen LogP contribution in [0.3, 0.4) is 0 Å². The summed E-state index contributed by atoms with van der Waals surface area (Å²) in [6, 6.07) is 24.5. The van der Waals surface area contributed by atoms with Gasteiger partial charge in [-0.3, -0.25) is 14.9 Å². The summed E-state index contributed by atoms with van der Waals surface area (Å²) in [5.41, 5.74) is 3.33. The summed E-state index contributed by atoms with van der Waals surface area (Å²) < 4.78 is 13.4. The number of fused-ring (bicyclic) bond motifs is 3. The molecule has 5 rings (SSSR count). The monoisotopic (exact) mass is 426 g/mol. The van der Waals surface area contributed by atoms with Crippen LogP contribution in [0.1, 0.15) is 29.0 Å². The lowest BCUT2D eigenvalue weighted by Crippen LogP contribution is -2.36. The summed E-state index contributed by atoms with van der Waals surface area (Å²) in [6.45, 7) is 0.326. The number of amides is 1. The Bertz CT molecular complexity index is 1350. The molecule has 1 atom stereocenters. The zero-order valence-electron chi connectivity index (χ0n) is 17.1. The van der Waals surface area contributed by atoms with Crippen molar-refractivity contribution in [3.63, 3.8) is 0 Å². The highest BCUT2D eigenvalue weighted by Crippen LogP contribution is 2.44. The van der Waals surface area contributed by atoms with E-state index in [0.717, 1.165) is 33.2 Å². The zero-order chi connectivity index (χ0) is 22.2. The minimum Gasteiger partial charge on any atom is -0.308 e. The van der Waals surface area contributed by atoms with Gasteiger partial charge in [0.2, 0.25) is 5.91 Å². The number of anilines is 1. The van der Waals surface area contributed by atoms with Crippen molar-refractivity contribution in [1.29, 1.82) is 0 Å². The Labute approximate surface area is 183 Å². The van der Waals surface area contributed by atoms with Gasteiger partial charge in [-0.15, -0.1) is 0 Å². The predicted molar refractivity (Wildman–Crippen MR) is 121 cm³/mol. The molecule has 0 N–H and O–H groups in total. The molecule has 0 aromatic heterocycles. The molecule has 5 nitrogen and oxygen atoms in total. The van der Waals surface area contributed by atoms with E-state index in [1.165, 1.54) is 18.2 Å². The van der Waals surface area contributed by atoms with Crippen LogP contribution in [0.2, 0.25) is 0 Å². The highest BCUT2D eigenvalue weighted by Gasteiger charge is 2.34. The van der Waals surface area contributed by atoms with E-state index in [0.29, 0.717) is 6.54 Å². The van der Waals surface area contributed by atoms with Crippen molar-refractivity contribution in [2.24, 2.45) is 0 Å². The van der Waals surface area contributed by atoms with Crippen LogP contribution in [-0.2, 0) is 11.3 Å².